The van der Waals surface area contributed by atoms with Gasteiger partial charge in [0.2, 0.25) is 0 Å². The van der Waals surface area contributed by atoms with Crippen molar-refractivity contribution in [1.82, 2.24) is 0 Å². The fraction of sp³-hybridized carbons (Fsp3) is 0.857. The molecular formula is C14H24O2. The van der Waals surface area contributed by atoms with Gasteiger partial charge in [-0.1, -0.05) is 32.9 Å². The molecule has 2 aliphatic rings. The molecule has 0 spiro atoms. The molecular weight excluding hydrogens is 200 g/mol. The Morgan fingerprint density at radius 2 is 1.81 bits per heavy atom. The normalized spacial score (nSPS) is 43.2. The Hall–Kier alpha value is -0.340. The highest BCUT2D eigenvalue weighted by Gasteiger charge is 2.39. The molecule has 0 unspecified atom stereocenters. The Morgan fingerprint density at radius 1 is 1.12 bits per heavy atom. The molecule has 0 amide bonds. The highest BCUT2D eigenvalue weighted by molar-refractivity contribution is 4.95. The van der Waals surface area contributed by atoms with Crippen LogP contribution in [0.25, 0.3) is 0 Å². The average Bonchev–Trinajstić information content (AvgIpc) is 2.23. The average molecular weight is 224 g/mol. The summed E-state index contributed by atoms with van der Waals surface area (Å²) in [5, 5.41) is 0. The topological polar surface area (TPSA) is 18.5 Å². The lowest BCUT2D eigenvalue weighted by molar-refractivity contribution is -0.278. The third kappa shape index (κ3) is 2.33. The Kier molecular flexibility index (Phi) is 3.41. The van der Waals surface area contributed by atoms with Crippen LogP contribution >= 0.6 is 0 Å². The third-order valence-electron chi connectivity index (χ3n) is 4.22. The summed E-state index contributed by atoms with van der Waals surface area (Å²) in [5.74, 6) is 1.20. The minimum atomic E-state index is 0.00275. The van der Waals surface area contributed by atoms with E-state index in [0.717, 1.165) is 19.4 Å². The third-order valence-corrected chi connectivity index (χ3v) is 4.22. The Bertz CT molecular complexity index is 270. The van der Waals surface area contributed by atoms with E-state index in [2.05, 4.69) is 39.8 Å². The van der Waals surface area contributed by atoms with E-state index >= 15 is 0 Å². The molecule has 92 valence electrons. The van der Waals surface area contributed by atoms with Crippen LogP contribution in [0.1, 0.15) is 40.5 Å². The molecule has 2 heteroatoms. The maximum absolute atomic E-state index is 6.06. The van der Waals surface area contributed by atoms with Gasteiger partial charge in [0.05, 0.1) is 12.7 Å². The number of ether oxygens (including phenoxy) is 2. The van der Waals surface area contributed by atoms with E-state index in [1.807, 2.05) is 0 Å². The van der Waals surface area contributed by atoms with Crippen LogP contribution in [0.3, 0.4) is 0 Å². The zero-order valence-corrected chi connectivity index (χ0v) is 10.9. The van der Waals surface area contributed by atoms with Crippen molar-refractivity contribution in [1.29, 1.82) is 0 Å². The van der Waals surface area contributed by atoms with Crippen LogP contribution in [-0.4, -0.2) is 19.0 Å². The summed E-state index contributed by atoms with van der Waals surface area (Å²) in [6, 6.07) is 0. The first kappa shape index (κ1) is 12.1. The van der Waals surface area contributed by atoms with E-state index in [4.69, 9.17) is 9.47 Å². The van der Waals surface area contributed by atoms with Crippen LogP contribution in [0.2, 0.25) is 0 Å². The molecule has 1 heterocycles. The van der Waals surface area contributed by atoms with E-state index in [1.165, 1.54) is 0 Å². The highest BCUT2D eigenvalue weighted by atomic mass is 16.7. The van der Waals surface area contributed by atoms with Crippen LogP contribution in [0.5, 0.6) is 0 Å². The molecule has 0 aromatic carbocycles. The molecule has 2 rings (SSSR count). The summed E-state index contributed by atoms with van der Waals surface area (Å²) >= 11 is 0. The van der Waals surface area contributed by atoms with Gasteiger partial charge in [-0.25, -0.2) is 0 Å². The molecule has 0 radical (unpaired) electrons. The Labute approximate surface area is 99.0 Å². The van der Waals surface area contributed by atoms with Gasteiger partial charge in [0.15, 0.2) is 6.29 Å². The standard InChI is InChI=1S/C14H24O2/c1-10-7-5-6-8-12(10)13-15-9-14(3,4)11(2)16-13/h5-6,10-13H,7-9H2,1-4H3/t10-,11+,12-,13-/m1/s1. The monoisotopic (exact) mass is 224 g/mol. The summed E-state index contributed by atoms with van der Waals surface area (Å²) < 4.78 is 12.0. The zero-order chi connectivity index (χ0) is 11.8. The van der Waals surface area contributed by atoms with Gasteiger partial charge in [-0.2, -0.15) is 0 Å². The van der Waals surface area contributed by atoms with Crippen LogP contribution in [0.15, 0.2) is 12.2 Å². The largest absolute Gasteiger partial charge is 0.352 e. The minimum absolute atomic E-state index is 0.00275. The maximum atomic E-state index is 6.06. The van der Waals surface area contributed by atoms with Crippen LogP contribution in [0.4, 0.5) is 0 Å². The molecule has 2 nitrogen and oxygen atoms in total. The van der Waals surface area contributed by atoms with Gasteiger partial charge in [0.1, 0.15) is 0 Å². The van der Waals surface area contributed by atoms with E-state index in [9.17, 15) is 0 Å². The summed E-state index contributed by atoms with van der Waals surface area (Å²) in [6.45, 7) is 9.69. The first-order chi connectivity index (χ1) is 7.50. The summed E-state index contributed by atoms with van der Waals surface area (Å²) in [7, 11) is 0. The molecule has 0 bridgehead atoms. The molecule has 1 saturated heterocycles. The highest BCUT2D eigenvalue weighted by Crippen LogP contribution is 2.37. The van der Waals surface area contributed by atoms with Crippen molar-refractivity contribution >= 4 is 0 Å². The summed E-state index contributed by atoms with van der Waals surface area (Å²) in [4.78, 5) is 0. The van der Waals surface area contributed by atoms with Gasteiger partial charge in [-0.15, -0.1) is 0 Å². The molecule has 0 aromatic heterocycles. The van der Waals surface area contributed by atoms with Crippen molar-refractivity contribution in [2.24, 2.45) is 17.3 Å². The van der Waals surface area contributed by atoms with Crippen LogP contribution in [0, 0.1) is 17.3 Å². The van der Waals surface area contributed by atoms with Gasteiger partial charge in [-0.05, 0) is 25.7 Å². The number of rotatable bonds is 1. The molecule has 1 aliphatic heterocycles. The number of hydrogen-bond acceptors (Lipinski definition) is 2. The van der Waals surface area contributed by atoms with Gasteiger partial charge in [0.25, 0.3) is 0 Å². The van der Waals surface area contributed by atoms with Gasteiger partial charge < -0.3 is 9.47 Å². The molecule has 1 aliphatic carbocycles. The fourth-order valence-corrected chi connectivity index (χ4v) is 2.41. The fourth-order valence-electron chi connectivity index (χ4n) is 2.41. The lowest BCUT2D eigenvalue weighted by Crippen LogP contribution is -2.48. The quantitative estimate of drug-likeness (QED) is 0.636. The first-order valence-corrected chi connectivity index (χ1v) is 6.43. The van der Waals surface area contributed by atoms with Crippen molar-refractivity contribution < 1.29 is 9.47 Å². The minimum Gasteiger partial charge on any atom is -0.352 e. The van der Waals surface area contributed by atoms with E-state index in [1.54, 1.807) is 0 Å². The van der Waals surface area contributed by atoms with Crippen molar-refractivity contribution in [3.05, 3.63) is 12.2 Å². The van der Waals surface area contributed by atoms with Crippen LogP contribution in [-0.2, 0) is 9.47 Å². The number of allylic oxidation sites excluding steroid dienone is 2. The lowest BCUT2D eigenvalue weighted by Gasteiger charge is -2.44. The molecule has 4 atom stereocenters. The first-order valence-electron chi connectivity index (χ1n) is 6.43. The molecule has 0 N–H and O–H groups in total. The van der Waals surface area contributed by atoms with Crippen molar-refractivity contribution in [2.75, 3.05) is 6.61 Å². The smallest absolute Gasteiger partial charge is 0.161 e. The Balaban J connectivity index is 1.99. The van der Waals surface area contributed by atoms with Gasteiger partial charge in [-0.3, -0.25) is 0 Å². The molecule has 0 saturated carbocycles. The Morgan fingerprint density at radius 3 is 2.44 bits per heavy atom. The van der Waals surface area contributed by atoms with Gasteiger partial charge >= 0.3 is 0 Å². The summed E-state index contributed by atoms with van der Waals surface area (Å²) in [6.07, 6.45) is 7.08. The van der Waals surface area contributed by atoms with E-state index in [-0.39, 0.29) is 17.8 Å². The van der Waals surface area contributed by atoms with Crippen molar-refractivity contribution in [3.8, 4) is 0 Å². The van der Waals surface area contributed by atoms with E-state index < -0.39 is 0 Å². The summed E-state index contributed by atoms with van der Waals surface area (Å²) in [5.41, 5.74) is 0.143. The predicted octanol–water partition coefficient (Wildman–Crippen LogP) is 3.38. The van der Waals surface area contributed by atoms with Gasteiger partial charge in [0, 0.05) is 11.3 Å². The van der Waals surface area contributed by atoms with Crippen LogP contribution < -0.4 is 0 Å². The molecule has 0 aromatic rings. The predicted molar refractivity (Wildman–Crippen MR) is 65.1 cm³/mol. The molecule has 1 fully saturated rings. The lowest BCUT2D eigenvalue weighted by atomic mass is 9.82. The molecule has 16 heavy (non-hydrogen) atoms. The zero-order valence-electron chi connectivity index (χ0n) is 10.9. The second kappa shape index (κ2) is 4.50. The SMILES string of the molecule is C[C@@H]1CC=CC[C@H]1[C@@H]1OCC(C)(C)[C@H](C)O1. The van der Waals surface area contributed by atoms with Crippen molar-refractivity contribution in [3.63, 3.8) is 0 Å². The second-order valence-corrected chi connectivity index (χ2v) is 6.03. The van der Waals surface area contributed by atoms with Crippen molar-refractivity contribution in [2.45, 2.75) is 52.9 Å². The second-order valence-electron chi connectivity index (χ2n) is 6.03. The van der Waals surface area contributed by atoms with E-state index in [0.29, 0.717) is 11.8 Å². The number of hydrogen-bond donors (Lipinski definition) is 0. The maximum Gasteiger partial charge on any atom is 0.161 e.